The van der Waals surface area contributed by atoms with Crippen LogP contribution in [0.5, 0.6) is 0 Å². The van der Waals surface area contributed by atoms with Gasteiger partial charge in [-0.1, -0.05) is 0 Å². The molecule has 3 rings (SSSR count). The number of nitrogens with zero attached hydrogens (tertiary/aromatic N) is 1. The van der Waals surface area contributed by atoms with E-state index in [0.29, 0.717) is 11.3 Å². The third-order valence-electron chi connectivity index (χ3n) is 4.47. The number of esters is 1. The van der Waals surface area contributed by atoms with E-state index >= 15 is 0 Å². The Balaban J connectivity index is 1.50. The zero-order chi connectivity index (χ0) is 18.5. The quantitative estimate of drug-likeness (QED) is 0.801. The molecule has 0 atom stereocenters. The van der Waals surface area contributed by atoms with Gasteiger partial charge >= 0.3 is 5.97 Å². The first-order chi connectivity index (χ1) is 12.5. The topological polar surface area (TPSA) is 58.6 Å². The third kappa shape index (κ3) is 4.64. The summed E-state index contributed by atoms with van der Waals surface area (Å²) in [7, 11) is 0. The van der Waals surface area contributed by atoms with Crippen molar-refractivity contribution in [1.29, 1.82) is 0 Å². The minimum absolute atomic E-state index is 0.291. The zero-order valence-corrected chi connectivity index (χ0v) is 16.0. The molecule has 1 saturated heterocycles. The molecule has 138 valence electrons. The fourth-order valence-electron chi connectivity index (χ4n) is 3.15. The first-order valence-corrected chi connectivity index (χ1v) is 9.73. The molecule has 1 aromatic heterocycles. The monoisotopic (exact) mass is 372 g/mol. The normalized spacial score (nSPS) is 14.2. The number of ether oxygens (including phenoxy) is 1. The summed E-state index contributed by atoms with van der Waals surface area (Å²) in [5.74, 6) is -0.795. The Morgan fingerprint density at radius 1 is 1.12 bits per heavy atom. The molecule has 1 aliphatic rings. The van der Waals surface area contributed by atoms with Gasteiger partial charge in [0.1, 0.15) is 0 Å². The molecular formula is C20H24N2O3S. The maximum absolute atomic E-state index is 12.1. The smallest absolute Gasteiger partial charge is 0.339 e. The van der Waals surface area contributed by atoms with Crippen molar-refractivity contribution >= 4 is 34.6 Å². The Hall–Kier alpha value is -2.34. The summed E-state index contributed by atoms with van der Waals surface area (Å²) < 4.78 is 5.12. The number of rotatable bonds is 5. The van der Waals surface area contributed by atoms with E-state index in [-0.39, 0.29) is 12.5 Å². The number of carbonyl (C=O) groups excluding carboxylic acids is 2. The number of aryl methyl sites for hydroxylation is 2. The average Bonchev–Trinajstić information content (AvgIpc) is 2.99. The lowest BCUT2D eigenvalue weighted by molar-refractivity contribution is -0.119. The van der Waals surface area contributed by atoms with Crippen LogP contribution >= 0.6 is 11.3 Å². The van der Waals surface area contributed by atoms with Crippen LogP contribution in [0.4, 0.5) is 11.4 Å². The van der Waals surface area contributed by atoms with Crippen LogP contribution in [0.3, 0.4) is 0 Å². The lowest BCUT2D eigenvalue weighted by Gasteiger charge is -2.28. The lowest BCUT2D eigenvalue weighted by atomic mass is 10.1. The van der Waals surface area contributed by atoms with Crippen molar-refractivity contribution in [3.8, 4) is 0 Å². The van der Waals surface area contributed by atoms with Crippen molar-refractivity contribution in [2.45, 2.75) is 33.1 Å². The highest BCUT2D eigenvalue weighted by molar-refractivity contribution is 7.12. The van der Waals surface area contributed by atoms with E-state index in [0.717, 1.165) is 22.8 Å². The van der Waals surface area contributed by atoms with Gasteiger partial charge in [0, 0.05) is 34.2 Å². The minimum atomic E-state index is -0.456. The number of nitrogens with one attached hydrogen (secondary N) is 1. The Morgan fingerprint density at radius 2 is 1.81 bits per heavy atom. The van der Waals surface area contributed by atoms with Crippen LogP contribution in [0.25, 0.3) is 0 Å². The zero-order valence-electron chi connectivity index (χ0n) is 15.2. The van der Waals surface area contributed by atoms with Crippen molar-refractivity contribution in [2.75, 3.05) is 29.9 Å². The fraction of sp³-hybridized carbons (Fsp3) is 0.400. The predicted molar refractivity (Wildman–Crippen MR) is 105 cm³/mol. The van der Waals surface area contributed by atoms with Crippen molar-refractivity contribution in [3.63, 3.8) is 0 Å². The van der Waals surface area contributed by atoms with E-state index in [1.807, 2.05) is 38.1 Å². The van der Waals surface area contributed by atoms with Gasteiger partial charge in [0.05, 0.1) is 5.56 Å². The molecule has 0 radical (unpaired) electrons. The third-order valence-corrected chi connectivity index (χ3v) is 5.43. The van der Waals surface area contributed by atoms with Crippen LogP contribution in [0.1, 0.15) is 39.4 Å². The van der Waals surface area contributed by atoms with Crippen molar-refractivity contribution in [3.05, 3.63) is 45.6 Å². The molecule has 1 amide bonds. The summed E-state index contributed by atoms with van der Waals surface area (Å²) in [6.45, 7) is 5.69. The van der Waals surface area contributed by atoms with Gasteiger partial charge in [-0.15, -0.1) is 11.3 Å². The average molecular weight is 372 g/mol. The van der Waals surface area contributed by atoms with Gasteiger partial charge in [0.25, 0.3) is 5.91 Å². The van der Waals surface area contributed by atoms with Gasteiger partial charge in [-0.2, -0.15) is 0 Å². The van der Waals surface area contributed by atoms with Gasteiger partial charge in [0.15, 0.2) is 6.61 Å². The van der Waals surface area contributed by atoms with E-state index in [9.17, 15) is 9.59 Å². The summed E-state index contributed by atoms with van der Waals surface area (Å²) in [4.78, 5) is 28.4. The van der Waals surface area contributed by atoms with Gasteiger partial charge in [-0.05, 0) is 63.4 Å². The first kappa shape index (κ1) is 18.5. The molecule has 0 saturated carbocycles. The van der Waals surface area contributed by atoms with Crippen LogP contribution in [-0.4, -0.2) is 31.6 Å². The Morgan fingerprint density at radius 3 is 2.42 bits per heavy atom. The molecule has 5 nitrogen and oxygen atoms in total. The van der Waals surface area contributed by atoms with E-state index in [1.165, 1.54) is 24.9 Å². The number of hydrogen-bond acceptors (Lipinski definition) is 5. The van der Waals surface area contributed by atoms with Crippen LogP contribution in [0.2, 0.25) is 0 Å². The molecule has 2 heterocycles. The Bertz CT molecular complexity index is 777. The highest BCUT2D eigenvalue weighted by atomic mass is 32.1. The van der Waals surface area contributed by atoms with Crippen molar-refractivity contribution in [1.82, 2.24) is 0 Å². The summed E-state index contributed by atoms with van der Waals surface area (Å²) in [5.41, 5.74) is 2.41. The van der Waals surface area contributed by atoms with Crippen molar-refractivity contribution < 1.29 is 14.3 Å². The second-order valence-electron chi connectivity index (χ2n) is 6.55. The van der Waals surface area contributed by atoms with E-state index in [4.69, 9.17) is 4.74 Å². The Kier molecular flexibility index (Phi) is 5.93. The molecule has 6 heteroatoms. The molecule has 0 aliphatic carbocycles. The summed E-state index contributed by atoms with van der Waals surface area (Å²) in [5, 5.41) is 2.77. The molecule has 1 N–H and O–H groups in total. The van der Waals surface area contributed by atoms with Gasteiger partial charge < -0.3 is 15.0 Å². The minimum Gasteiger partial charge on any atom is -0.452 e. The SMILES string of the molecule is Cc1cc(C(=O)OCC(=O)Nc2ccc(N3CCCCC3)cc2)c(C)s1. The number of amides is 1. The molecule has 0 bridgehead atoms. The fourth-order valence-corrected chi connectivity index (χ4v) is 4.06. The molecule has 0 spiro atoms. The molecule has 2 aromatic rings. The second-order valence-corrected chi connectivity index (χ2v) is 8.01. The maximum Gasteiger partial charge on any atom is 0.339 e. The standard InChI is InChI=1S/C20H24N2O3S/c1-14-12-18(15(2)26-14)20(24)25-13-19(23)21-16-6-8-17(9-7-16)22-10-4-3-5-11-22/h6-9,12H,3-5,10-11,13H2,1-2H3,(H,21,23). The number of hydrogen-bond donors (Lipinski definition) is 1. The van der Waals surface area contributed by atoms with Crippen LogP contribution in [0, 0.1) is 13.8 Å². The van der Waals surface area contributed by atoms with Crippen molar-refractivity contribution in [2.24, 2.45) is 0 Å². The Labute approximate surface area is 158 Å². The van der Waals surface area contributed by atoms with Crippen LogP contribution < -0.4 is 10.2 Å². The molecular weight excluding hydrogens is 348 g/mol. The number of anilines is 2. The number of piperidine rings is 1. The summed E-state index contributed by atoms with van der Waals surface area (Å²) >= 11 is 1.54. The van der Waals surface area contributed by atoms with Crippen LogP contribution in [0.15, 0.2) is 30.3 Å². The van der Waals surface area contributed by atoms with E-state index < -0.39 is 5.97 Å². The lowest BCUT2D eigenvalue weighted by Crippen LogP contribution is -2.29. The molecule has 1 fully saturated rings. The maximum atomic E-state index is 12.1. The summed E-state index contributed by atoms with van der Waals surface area (Å²) in [6.07, 6.45) is 3.76. The van der Waals surface area contributed by atoms with Crippen LogP contribution in [-0.2, 0) is 9.53 Å². The first-order valence-electron chi connectivity index (χ1n) is 8.92. The number of benzene rings is 1. The second kappa shape index (κ2) is 8.36. The van der Waals surface area contributed by atoms with Gasteiger partial charge in [0.2, 0.25) is 0 Å². The number of thiophene rings is 1. The number of carbonyl (C=O) groups is 2. The summed E-state index contributed by atoms with van der Waals surface area (Å²) in [6, 6.07) is 9.60. The molecule has 1 aromatic carbocycles. The molecule has 0 unspecified atom stereocenters. The highest BCUT2D eigenvalue weighted by Crippen LogP contribution is 2.22. The molecule has 26 heavy (non-hydrogen) atoms. The largest absolute Gasteiger partial charge is 0.452 e. The van der Waals surface area contributed by atoms with E-state index in [2.05, 4.69) is 10.2 Å². The predicted octanol–water partition coefficient (Wildman–Crippen LogP) is 4.15. The molecule has 1 aliphatic heterocycles. The van der Waals surface area contributed by atoms with Gasteiger partial charge in [-0.25, -0.2) is 4.79 Å². The highest BCUT2D eigenvalue weighted by Gasteiger charge is 2.15. The van der Waals surface area contributed by atoms with Gasteiger partial charge in [-0.3, -0.25) is 4.79 Å². The van der Waals surface area contributed by atoms with E-state index in [1.54, 1.807) is 17.4 Å².